The Balaban J connectivity index is 1.86. The molecule has 0 unspecified atom stereocenters. The average molecular weight is 218 g/mol. The van der Waals surface area contributed by atoms with E-state index < -0.39 is 0 Å². The van der Waals surface area contributed by atoms with Gasteiger partial charge in [0.2, 0.25) is 0 Å². The summed E-state index contributed by atoms with van der Waals surface area (Å²) in [6.07, 6.45) is 5.32. The lowest BCUT2D eigenvalue weighted by Gasteiger charge is -2.26. The third-order valence-electron chi connectivity index (χ3n) is 3.24. The van der Waals surface area contributed by atoms with Crippen LogP contribution in [-0.2, 0) is 4.79 Å². The summed E-state index contributed by atoms with van der Waals surface area (Å²) >= 11 is 0. The SMILES string of the molecule is Cc1ccc(O[C@H]2CC[C@H](C=O)CC2)cc1. The summed E-state index contributed by atoms with van der Waals surface area (Å²) in [6, 6.07) is 8.15. The van der Waals surface area contributed by atoms with Crippen molar-refractivity contribution in [3.05, 3.63) is 29.8 Å². The molecule has 16 heavy (non-hydrogen) atoms. The monoisotopic (exact) mass is 218 g/mol. The topological polar surface area (TPSA) is 26.3 Å². The lowest BCUT2D eigenvalue weighted by atomic mass is 9.88. The van der Waals surface area contributed by atoms with E-state index in [2.05, 4.69) is 19.1 Å². The van der Waals surface area contributed by atoms with Crippen molar-refractivity contribution in [3.63, 3.8) is 0 Å². The fraction of sp³-hybridized carbons (Fsp3) is 0.500. The van der Waals surface area contributed by atoms with Gasteiger partial charge in [-0.25, -0.2) is 0 Å². The Morgan fingerprint density at radius 2 is 1.75 bits per heavy atom. The summed E-state index contributed by atoms with van der Waals surface area (Å²) < 4.78 is 5.89. The maximum absolute atomic E-state index is 10.6. The molecule has 1 aromatic carbocycles. The zero-order valence-corrected chi connectivity index (χ0v) is 9.69. The highest BCUT2D eigenvalue weighted by molar-refractivity contribution is 5.53. The molecule has 1 fully saturated rings. The van der Waals surface area contributed by atoms with Crippen LogP contribution >= 0.6 is 0 Å². The molecule has 0 radical (unpaired) electrons. The third kappa shape index (κ3) is 2.84. The van der Waals surface area contributed by atoms with Gasteiger partial charge in [0.05, 0.1) is 6.10 Å². The lowest BCUT2D eigenvalue weighted by Crippen LogP contribution is -2.24. The number of hydrogen-bond donors (Lipinski definition) is 0. The van der Waals surface area contributed by atoms with Gasteiger partial charge in [0.1, 0.15) is 12.0 Å². The summed E-state index contributed by atoms with van der Waals surface area (Å²) in [5.41, 5.74) is 1.25. The van der Waals surface area contributed by atoms with Crippen LogP contribution in [0.1, 0.15) is 31.2 Å². The van der Waals surface area contributed by atoms with Crippen molar-refractivity contribution in [2.75, 3.05) is 0 Å². The van der Waals surface area contributed by atoms with Crippen molar-refractivity contribution in [2.24, 2.45) is 5.92 Å². The van der Waals surface area contributed by atoms with Crippen LogP contribution in [0.4, 0.5) is 0 Å². The zero-order chi connectivity index (χ0) is 11.4. The van der Waals surface area contributed by atoms with Gasteiger partial charge >= 0.3 is 0 Å². The molecule has 1 aliphatic carbocycles. The first-order chi connectivity index (χ1) is 7.78. The van der Waals surface area contributed by atoms with Gasteiger partial charge in [0, 0.05) is 5.92 Å². The van der Waals surface area contributed by atoms with Gasteiger partial charge in [-0.3, -0.25) is 0 Å². The zero-order valence-electron chi connectivity index (χ0n) is 9.69. The minimum atomic E-state index is 0.262. The van der Waals surface area contributed by atoms with Crippen LogP contribution in [0.3, 0.4) is 0 Å². The van der Waals surface area contributed by atoms with Gasteiger partial charge in [0.25, 0.3) is 0 Å². The maximum atomic E-state index is 10.6. The first-order valence-corrected chi connectivity index (χ1v) is 5.96. The fourth-order valence-electron chi connectivity index (χ4n) is 2.15. The summed E-state index contributed by atoms with van der Waals surface area (Å²) in [4.78, 5) is 10.6. The first kappa shape index (κ1) is 11.2. The first-order valence-electron chi connectivity index (χ1n) is 5.96. The van der Waals surface area contributed by atoms with Crippen LogP contribution in [0.5, 0.6) is 5.75 Å². The Kier molecular flexibility index (Phi) is 3.60. The van der Waals surface area contributed by atoms with Crippen molar-refractivity contribution < 1.29 is 9.53 Å². The Morgan fingerprint density at radius 3 is 2.31 bits per heavy atom. The van der Waals surface area contributed by atoms with Crippen molar-refractivity contribution >= 4 is 6.29 Å². The number of carbonyl (C=O) groups is 1. The van der Waals surface area contributed by atoms with Crippen LogP contribution in [-0.4, -0.2) is 12.4 Å². The van der Waals surface area contributed by atoms with Crippen LogP contribution in [0.15, 0.2) is 24.3 Å². The third-order valence-corrected chi connectivity index (χ3v) is 3.24. The van der Waals surface area contributed by atoms with Gasteiger partial charge in [-0.2, -0.15) is 0 Å². The van der Waals surface area contributed by atoms with Gasteiger partial charge in [0.15, 0.2) is 0 Å². The highest BCUT2D eigenvalue weighted by Gasteiger charge is 2.21. The molecule has 0 saturated heterocycles. The number of hydrogen-bond acceptors (Lipinski definition) is 2. The second-order valence-corrected chi connectivity index (χ2v) is 4.60. The van der Waals surface area contributed by atoms with E-state index in [0.29, 0.717) is 6.10 Å². The predicted molar refractivity (Wildman–Crippen MR) is 63.6 cm³/mol. The van der Waals surface area contributed by atoms with Crippen LogP contribution in [0.25, 0.3) is 0 Å². The minimum absolute atomic E-state index is 0.262. The summed E-state index contributed by atoms with van der Waals surface area (Å²) in [5, 5.41) is 0. The fourth-order valence-corrected chi connectivity index (χ4v) is 2.15. The minimum Gasteiger partial charge on any atom is -0.490 e. The molecule has 0 aromatic heterocycles. The molecule has 0 aliphatic heterocycles. The van der Waals surface area contributed by atoms with E-state index in [9.17, 15) is 4.79 Å². The molecule has 0 amide bonds. The molecular formula is C14H18O2. The van der Waals surface area contributed by atoms with Crippen LogP contribution < -0.4 is 4.74 Å². The quantitative estimate of drug-likeness (QED) is 0.728. The molecule has 86 valence electrons. The average Bonchev–Trinajstić information content (AvgIpc) is 2.33. The normalized spacial score (nSPS) is 25.1. The van der Waals surface area contributed by atoms with Gasteiger partial charge < -0.3 is 9.53 Å². The number of carbonyl (C=O) groups excluding carboxylic acids is 1. The molecule has 1 aromatic rings. The van der Waals surface area contributed by atoms with Crippen molar-refractivity contribution in [1.29, 1.82) is 0 Å². The van der Waals surface area contributed by atoms with E-state index in [1.54, 1.807) is 0 Å². The molecule has 2 rings (SSSR count). The van der Waals surface area contributed by atoms with E-state index in [1.165, 1.54) is 5.56 Å². The number of rotatable bonds is 3. The largest absolute Gasteiger partial charge is 0.490 e. The summed E-state index contributed by atoms with van der Waals surface area (Å²) in [7, 11) is 0. The molecule has 1 saturated carbocycles. The molecule has 1 aliphatic rings. The smallest absolute Gasteiger partial charge is 0.123 e. The van der Waals surface area contributed by atoms with E-state index in [-0.39, 0.29) is 5.92 Å². The van der Waals surface area contributed by atoms with E-state index in [0.717, 1.165) is 37.7 Å². The highest BCUT2D eigenvalue weighted by Crippen LogP contribution is 2.26. The molecule has 0 bridgehead atoms. The molecule has 0 N–H and O–H groups in total. The van der Waals surface area contributed by atoms with E-state index in [1.807, 2.05) is 12.1 Å². The number of aldehydes is 1. The van der Waals surface area contributed by atoms with E-state index in [4.69, 9.17) is 4.74 Å². The molecule has 0 spiro atoms. The maximum Gasteiger partial charge on any atom is 0.123 e. The Labute approximate surface area is 96.6 Å². The van der Waals surface area contributed by atoms with Crippen molar-refractivity contribution in [3.8, 4) is 5.75 Å². The molecule has 0 atom stereocenters. The Bertz CT molecular complexity index is 334. The summed E-state index contributed by atoms with van der Waals surface area (Å²) in [6.45, 7) is 2.07. The molecular weight excluding hydrogens is 200 g/mol. The van der Waals surface area contributed by atoms with Crippen molar-refractivity contribution in [2.45, 2.75) is 38.7 Å². The second kappa shape index (κ2) is 5.15. The number of ether oxygens (including phenoxy) is 1. The van der Waals surface area contributed by atoms with Gasteiger partial charge in [-0.05, 0) is 44.7 Å². The van der Waals surface area contributed by atoms with Crippen LogP contribution in [0, 0.1) is 12.8 Å². The van der Waals surface area contributed by atoms with E-state index >= 15 is 0 Å². The molecule has 2 heteroatoms. The Morgan fingerprint density at radius 1 is 1.12 bits per heavy atom. The van der Waals surface area contributed by atoms with Crippen LogP contribution in [0.2, 0.25) is 0 Å². The lowest BCUT2D eigenvalue weighted by molar-refractivity contribution is -0.112. The van der Waals surface area contributed by atoms with Gasteiger partial charge in [-0.15, -0.1) is 0 Å². The molecule has 2 nitrogen and oxygen atoms in total. The standard InChI is InChI=1S/C14H18O2/c1-11-2-6-13(7-3-11)16-14-8-4-12(10-15)5-9-14/h2-3,6-7,10,12,14H,4-5,8-9H2,1H3/t12-,14-. The predicted octanol–water partition coefficient (Wildman–Crippen LogP) is 3.13. The Hall–Kier alpha value is -1.31. The second-order valence-electron chi connectivity index (χ2n) is 4.60. The number of aryl methyl sites for hydroxylation is 1. The highest BCUT2D eigenvalue weighted by atomic mass is 16.5. The van der Waals surface area contributed by atoms with Crippen molar-refractivity contribution in [1.82, 2.24) is 0 Å². The van der Waals surface area contributed by atoms with Gasteiger partial charge in [-0.1, -0.05) is 17.7 Å². The summed E-state index contributed by atoms with van der Waals surface area (Å²) in [5.74, 6) is 1.21. The molecule has 0 heterocycles. The number of benzene rings is 1.